The minimum atomic E-state index is -0.302. The fourth-order valence-corrected chi connectivity index (χ4v) is 4.43. The minimum Gasteiger partial charge on any atom is -0.507 e. The van der Waals surface area contributed by atoms with Crippen molar-refractivity contribution < 1.29 is 5.11 Å². The number of rotatable bonds is 1. The van der Waals surface area contributed by atoms with Crippen LogP contribution in [0.25, 0.3) is 0 Å². The topological polar surface area (TPSA) is 46.2 Å². The maximum absolute atomic E-state index is 10.8. The van der Waals surface area contributed by atoms with Crippen LogP contribution in [0, 0.1) is 13.8 Å². The summed E-state index contributed by atoms with van der Waals surface area (Å²) in [5.41, 5.74) is 12.7. The molecule has 0 saturated heterocycles. The lowest BCUT2D eigenvalue weighted by Gasteiger charge is -2.38. The van der Waals surface area contributed by atoms with Crippen LogP contribution in [0.15, 0.2) is 0 Å². The van der Waals surface area contributed by atoms with Gasteiger partial charge in [0.2, 0.25) is 0 Å². The van der Waals surface area contributed by atoms with Gasteiger partial charge in [0.25, 0.3) is 0 Å². The Labute approximate surface area is 122 Å². The van der Waals surface area contributed by atoms with E-state index in [0.717, 1.165) is 36.8 Å². The van der Waals surface area contributed by atoms with Gasteiger partial charge in [0, 0.05) is 11.1 Å². The fraction of sp³-hybridized carbons (Fsp3) is 0.667. The van der Waals surface area contributed by atoms with Crippen LogP contribution in [0.2, 0.25) is 0 Å². The molecule has 0 aromatic heterocycles. The second-order valence-corrected chi connectivity index (χ2v) is 6.85. The lowest BCUT2D eigenvalue weighted by atomic mass is 9.72. The summed E-state index contributed by atoms with van der Waals surface area (Å²) in [7, 11) is 0. The number of aromatic hydroxyl groups is 1. The summed E-state index contributed by atoms with van der Waals surface area (Å²) in [4.78, 5) is 0. The van der Waals surface area contributed by atoms with Crippen molar-refractivity contribution in [3.8, 4) is 5.75 Å². The van der Waals surface area contributed by atoms with Crippen LogP contribution in [-0.2, 0) is 18.4 Å². The van der Waals surface area contributed by atoms with Crippen LogP contribution in [0.4, 0.5) is 0 Å². The van der Waals surface area contributed by atoms with Crippen molar-refractivity contribution in [2.75, 3.05) is 0 Å². The van der Waals surface area contributed by atoms with Gasteiger partial charge in [0.1, 0.15) is 5.75 Å². The first kappa shape index (κ1) is 13.9. The number of phenolic OH excluding ortho intramolecular Hbond substituents is 1. The summed E-state index contributed by atoms with van der Waals surface area (Å²) in [6.45, 7) is 4.26. The molecule has 0 heterocycles. The molecule has 1 fully saturated rings. The van der Waals surface area contributed by atoms with Crippen molar-refractivity contribution in [3.05, 3.63) is 27.8 Å². The third kappa shape index (κ3) is 2.05. The highest BCUT2D eigenvalue weighted by Gasteiger charge is 2.35. The van der Waals surface area contributed by atoms with Crippen molar-refractivity contribution in [2.45, 2.75) is 77.2 Å². The average molecular weight is 273 g/mol. The molecule has 2 aliphatic carbocycles. The van der Waals surface area contributed by atoms with Crippen LogP contribution < -0.4 is 5.73 Å². The lowest BCUT2D eigenvalue weighted by molar-refractivity contribution is 0.289. The smallest absolute Gasteiger partial charge is 0.124 e. The summed E-state index contributed by atoms with van der Waals surface area (Å²) in [6, 6.07) is 0. The molecule has 0 aliphatic heterocycles. The first-order valence-corrected chi connectivity index (χ1v) is 8.18. The molecule has 1 aromatic rings. The number of hydrogen-bond donors (Lipinski definition) is 2. The normalized spacial score (nSPS) is 21.6. The summed E-state index contributed by atoms with van der Waals surface area (Å²) in [6.07, 6.45) is 10.5. The monoisotopic (exact) mass is 273 g/mol. The average Bonchev–Trinajstić information content (AvgIpc) is 2.46. The van der Waals surface area contributed by atoms with Crippen molar-refractivity contribution in [3.63, 3.8) is 0 Å². The Bertz CT molecular complexity index is 527. The van der Waals surface area contributed by atoms with E-state index in [0.29, 0.717) is 5.75 Å². The number of fused-ring (bicyclic) bond motifs is 1. The van der Waals surface area contributed by atoms with E-state index in [4.69, 9.17) is 5.73 Å². The molecule has 0 atom stereocenters. The van der Waals surface area contributed by atoms with E-state index in [1.165, 1.54) is 48.8 Å². The molecule has 20 heavy (non-hydrogen) atoms. The third-order valence-electron chi connectivity index (χ3n) is 5.58. The Morgan fingerprint density at radius 2 is 1.40 bits per heavy atom. The summed E-state index contributed by atoms with van der Waals surface area (Å²) >= 11 is 0. The van der Waals surface area contributed by atoms with Crippen LogP contribution >= 0.6 is 0 Å². The zero-order valence-electron chi connectivity index (χ0n) is 12.9. The van der Waals surface area contributed by atoms with Crippen molar-refractivity contribution in [1.82, 2.24) is 0 Å². The van der Waals surface area contributed by atoms with Crippen LogP contribution in [0.1, 0.15) is 72.8 Å². The second kappa shape index (κ2) is 5.07. The standard InChI is InChI=1S/C18H27NO/c1-12-14-8-4-5-9-15(14)13(2)17(20)16(12)18(19)10-6-3-7-11-18/h20H,3-11,19H2,1-2H3. The van der Waals surface area contributed by atoms with Gasteiger partial charge in [0.15, 0.2) is 0 Å². The minimum absolute atomic E-state index is 0.302. The van der Waals surface area contributed by atoms with E-state index in [1.54, 1.807) is 0 Å². The molecule has 0 radical (unpaired) electrons. The molecular formula is C18H27NO. The Kier molecular flexibility index (Phi) is 3.53. The van der Waals surface area contributed by atoms with Gasteiger partial charge in [-0.2, -0.15) is 0 Å². The van der Waals surface area contributed by atoms with Gasteiger partial charge in [-0.3, -0.25) is 0 Å². The molecular weight excluding hydrogens is 246 g/mol. The summed E-state index contributed by atoms with van der Waals surface area (Å²) < 4.78 is 0. The largest absolute Gasteiger partial charge is 0.507 e. The summed E-state index contributed by atoms with van der Waals surface area (Å²) in [5.74, 6) is 0.493. The molecule has 2 aliphatic rings. The number of benzene rings is 1. The van der Waals surface area contributed by atoms with Crippen LogP contribution in [-0.4, -0.2) is 5.11 Å². The molecule has 3 N–H and O–H groups in total. The fourth-order valence-electron chi connectivity index (χ4n) is 4.43. The maximum atomic E-state index is 10.8. The number of phenols is 1. The van der Waals surface area contributed by atoms with Gasteiger partial charge in [-0.05, 0) is 74.6 Å². The summed E-state index contributed by atoms with van der Waals surface area (Å²) in [5, 5.41) is 10.8. The van der Waals surface area contributed by atoms with E-state index in [1.807, 2.05) is 0 Å². The van der Waals surface area contributed by atoms with Crippen LogP contribution in [0.5, 0.6) is 5.75 Å². The molecule has 1 saturated carbocycles. The Morgan fingerprint density at radius 1 is 0.850 bits per heavy atom. The van der Waals surface area contributed by atoms with Crippen LogP contribution in [0.3, 0.4) is 0 Å². The van der Waals surface area contributed by atoms with E-state index >= 15 is 0 Å². The van der Waals surface area contributed by atoms with E-state index < -0.39 is 0 Å². The molecule has 110 valence electrons. The van der Waals surface area contributed by atoms with E-state index in [2.05, 4.69) is 13.8 Å². The molecule has 0 amide bonds. The first-order valence-electron chi connectivity index (χ1n) is 8.18. The third-order valence-corrected chi connectivity index (χ3v) is 5.58. The van der Waals surface area contributed by atoms with Gasteiger partial charge < -0.3 is 10.8 Å². The lowest BCUT2D eigenvalue weighted by Crippen LogP contribution is -2.40. The van der Waals surface area contributed by atoms with Crippen molar-refractivity contribution >= 4 is 0 Å². The zero-order chi connectivity index (χ0) is 14.3. The maximum Gasteiger partial charge on any atom is 0.124 e. The first-order chi connectivity index (χ1) is 9.54. The molecule has 3 rings (SSSR count). The Morgan fingerprint density at radius 3 is 2.00 bits per heavy atom. The molecule has 2 heteroatoms. The number of nitrogens with two attached hydrogens (primary N) is 1. The predicted molar refractivity (Wildman–Crippen MR) is 83.2 cm³/mol. The van der Waals surface area contributed by atoms with Gasteiger partial charge >= 0.3 is 0 Å². The van der Waals surface area contributed by atoms with Gasteiger partial charge in [0.05, 0.1) is 0 Å². The van der Waals surface area contributed by atoms with Crippen molar-refractivity contribution in [2.24, 2.45) is 5.73 Å². The highest BCUT2D eigenvalue weighted by molar-refractivity contribution is 5.57. The van der Waals surface area contributed by atoms with Gasteiger partial charge in [-0.25, -0.2) is 0 Å². The highest BCUT2D eigenvalue weighted by atomic mass is 16.3. The van der Waals surface area contributed by atoms with E-state index in [9.17, 15) is 5.11 Å². The highest BCUT2D eigenvalue weighted by Crippen LogP contribution is 2.45. The zero-order valence-corrected chi connectivity index (χ0v) is 12.9. The van der Waals surface area contributed by atoms with Gasteiger partial charge in [-0.1, -0.05) is 19.3 Å². The Hall–Kier alpha value is -1.02. The van der Waals surface area contributed by atoms with Crippen molar-refractivity contribution in [1.29, 1.82) is 0 Å². The Balaban J connectivity index is 2.18. The predicted octanol–water partition coefficient (Wildman–Crippen LogP) is 4.01. The SMILES string of the molecule is Cc1c(O)c(C2(N)CCCCC2)c(C)c2c1CCCC2. The molecule has 0 unspecified atom stereocenters. The molecule has 0 spiro atoms. The quantitative estimate of drug-likeness (QED) is 0.812. The molecule has 2 nitrogen and oxygen atoms in total. The van der Waals surface area contributed by atoms with E-state index in [-0.39, 0.29) is 5.54 Å². The number of hydrogen-bond acceptors (Lipinski definition) is 2. The molecule has 1 aromatic carbocycles. The second-order valence-electron chi connectivity index (χ2n) is 6.85. The molecule has 0 bridgehead atoms. The van der Waals surface area contributed by atoms with Gasteiger partial charge in [-0.15, -0.1) is 0 Å².